The highest BCUT2D eigenvalue weighted by Crippen LogP contribution is 2.11. The first-order valence-electron chi connectivity index (χ1n) is 8.10. The van der Waals surface area contributed by atoms with Crippen LogP contribution in [0.4, 0.5) is 4.79 Å². The van der Waals surface area contributed by atoms with Crippen molar-refractivity contribution in [2.24, 2.45) is 0 Å². The van der Waals surface area contributed by atoms with Crippen molar-refractivity contribution in [1.29, 1.82) is 0 Å². The summed E-state index contributed by atoms with van der Waals surface area (Å²) in [5.41, 5.74) is 2.07. The number of aromatic nitrogens is 1. The van der Waals surface area contributed by atoms with Gasteiger partial charge in [-0.2, -0.15) is 0 Å². The van der Waals surface area contributed by atoms with Crippen molar-refractivity contribution in [3.63, 3.8) is 0 Å². The van der Waals surface area contributed by atoms with Crippen LogP contribution in [0, 0.1) is 0 Å². The third-order valence-electron chi connectivity index (χ3n) is 4.10. The Morgan fingerprint density at radius 2 is 1.96 bits per heavy atom. The number of nitrogens with one attached hydrogen (secondary N) is 1. The third kappa shape index (κ3) is 4.69. The lowest BCUT2D eigenvalue weighted by molar-refractivity contribution is 0.134. The molecule has 1 aromatic heterocycles. The number of hydrogen-bond acceptors (Lipinski definition) is 3. The number of rotatable bonds is 4. The number of benzene rings is 1. The molecule has 24 heavy (non-hydrogen) atoms. The number of piperazine rings is 1. The molecular weight excluding hydrogens is 324 g/mol. The maximum Gasteiger partial charge on any atom is 0.317 e. The van der Waals surface area contributed by atoms with Crippen LogP contribution in [0.3, 0.4) is 0 Å². The summed E-state index contributed by atoms with van der Waals surface area (Å²) in [7, 11) is 0. The van der Waals surface area contributed by atoms with Crippen molar-refractivity contribution in [3.8, 4) is 0 Å². The molecule has 0 aliphatic carbocycles. The van der Waals surface area contributed by atoms with Gasteiger partial charge in [0.2, 0.25) is 0 Å². The molecule has 0 saturated carbocycles. The Morgan fingerprint density at radius 3 is 2.67 bits per heavy atom. The molecule has 1 aliphatic rings. The molecule has 1 aliphatic heterocycles. The number of amides is 2. The fourth-order valence-electron chi connectivity index (χ4n) is 2.77. The third-order valence-corrected chi connectivity index (χ3v) is 4.34. The topological polar surface area (TPSA) is 48.5 Å². The Hall–Kier alpha value is -2.11. The van der Waals surface area contributed by atoms with Crippen LogP contribution < -0.4 is 5.32 Å². The summed E-state index contributed by atoms with van der Waals surface area (Å²) in [5.74, 6) is 0. The van der Waals surface area contributed by atoms with Gasteiger partial charge in [-0.3, -0.25) is 9.88 Å². The minimum atomic E-state index is -0.0209. The molecule has 1 fully saturated rings. The van der Waals surface area contributed by atoms with Gasteiger partial charge in [-0.05, 0) is 29.8 Å². The van der Waals surface area contributed by atoms with Gasteiger partial charge in [-0.25, -0.2) is 4.79 Å². The van der Waals surface area contributed by atoms with Crippen molar-refractivity contribution >= 4 is 17.6 Å². The molecule has 1 saturated heterocycles. The van der Waals surface area contributed by atoms with Crippen LogP contribution in [0.2, 0.25) is 5.02 Å². The Kier molecular flexibility index (Phi) is 5.67. The molecule has 6 heteroatoms. The molecule has 0 atom stereocenters. The van der Waals surface area contributed by atoms with Gasteiger partial charge >= 0.3 is 6.03 Å². The van der Waals surface area contributed by atoms with Crippen LogP contribution in [0.15, 0.2) is 48.7 Å². The van der Waals surface area contributed by atoms with Gasteiger partial charge in [0, 0.05) is 50.5 Å². The van der Waals surface area contributed by atoms with Crippen molar-refractivity contribution in [2.45, 2.75) is 13.1 Å². The van der Waals surface area contributed by atoms with Gasteiger partial charge in [0.05, 0.1) is 5.69 Å². The molecule has 1 aromatic carbocycles. The first kappa shape index (κ1) is 16.7. The fourth-order valence-corrected chi connectivity index (χ4v) is 2.98. The lowest BCUT2D eigenvalue weighted by Crippen LogP contribution is -2.51. The molecule has 0 spiro atoms. The minimum Gasteiger partial charge on any atom is -0.334 e. The van der Waals surface area contributed by atoms with Gasteiger partial charge < -0.3 is 10.2 Å². The average Bonchev–Trinajstić information content (AvgIpc) is 2.61. The summed E-state index contributed by atoms with van der Waals surface area (Å²) in [6.45, 7) is 4.51. The van der Waals surface area contributed by atoms with E-state index >= 15 is 0 Å². The van der Waals surface area contributed by atoms with E-state index in [1.165, 1.54) is 0 Å². The quantitative estimate of drug-likeness (QED) is 0.927. The van der Waals surface area contributed by atoms with E-state index in [-0.39, 0.29) is 6.03 Å². The first-order valence-corrected chi connectivity index (χ1v) is 8.48. The summed E-state index contributed by atoms with van der Waals surface area (Å²) in [6, 6.07) is 13.5. The van der Waals surface area contributed by atoms with E-state index in [2.05, 4.69) is 15.2 Å². The highest BCUT2D eigenvalue weighted by molar-refractivity contribution is 6.30. The number of carbonyl (C=O) groups is 1. The zero-order valence-electron chi connectivity index (χ0n) is 13.5. The number of carbonyl (C=O) groups excluding carboxylic acids is 1. The molecule has 3 rings (SSSR count). The SMILES string of the molecule is O=C(NCc1cccc(Cl)c1)N1CCN(Cc2ccccn2)CC1. The van der Waals surface area contributed by atoms with E-state index in [0.717, 1.165) is 44.0 Å². The van der Waals surface area contributed by atoms with Gasteiger partial charge in [0.25, 0.3) is 0 Å². The molecule has 1 N–H and O–H groups in total. The molecule has 126 valence electrons. The Bertz CT molecular complexity index is 672. The van der Waals surface area contributed by atoms with Crippen LogP contribution in [0.1, 0.15) is 11.3 Å². The average molecular weight is 345 g/mol. The number of halogens is 1. The fraction of sp³-hybridized carbons (Fsp3) is 0.333. The second-order valence-electron chi connectivity index (χ2n) is 5.87. The van der Waals surface area contributed by atoms with Crippen molar-refractivity contribution in [1.82, 2.24) is 20.1 Å². The van der Waals surface area contributed by atoms with E-state index in [1.54, 1.807) is 0 Å². The molecule has 2 amide bonds. The van der Waals surface area contributed by atoms with Crippen LogP contribution >= 0.6 is 11.6 Å². The highest BCUT2D eigenvalue weighted by atomic mass is 35.5. The van der Waals surface area contributed by atoms with Crippen LogP contribution in [0.5, 0.6) is 0 Å². The van der Waals surface area contributed by atoms with Gasteiger partial charge in [-0.15, -0.1) is 0 Å². The second kappa shape index (κ2) is 8.13. The molecule has 2 heterocycles. The van der Waals surface area contributed by atoms with Crippen LogP contribution in [0.25, 0.3) is 0 Å². The summed E-state index contributed by atoms with van der Waals surface area (Å²) in [4.78, 5) is 20.8. The van der Waals surface area contributed by atoms with Gasteiger partial charge in [0.15, 0.2) is 0 Å². The molecule has 0 bridgehead atoms. The van der Waals surface area contributed by atoms with E-state index in [9.17, 15) is 4.79 Å². The standard InChI is InChI=1S/C18H21ClN4O/c19-16-5-3-4-15(12-16)13-21-18(24)23-10-8-22(9-11-23)14-17-6-1-2-7-20-17/h1-7,12H,8-11,13-14H2,(H,21,24). The normalized spacial score (nSPS) is 15.3. The maximum absolute atomic E-state index is 12.3. The maximum atomic E-state index is 12.3. The van der Waals surface area contributed by atoms with E-state index in [1.807, 2.05) is 53.6 Å². The highest BCUT2D eigenvalue weighted by Gasteiger charge is 2.21. The van der Waals surface area contributed by atoms with E-state index < -0.39 is 0 Å². The number of nitrogens with zero attached hydrogens (tertiary/aromatic N) is 3. The van der Waals surface area contributed by atoms with Crippen molar-refractivity contribution < 1.29 is 4.79 Å². The van der Waals surface area contributed by atoms with Crippen LogP contribution in [-0.2, 0) is 13.1 Å². The number of pyridine rings is 1. The number of hydrogen-bond donors (Lipinski definition) is 1. The van der Waals surface area contributed by atoms with Crippen molar-refractivity contribution in [3.05, 3.63) is 64.9 Å². The lowest BCUT2D eigenvalue weighted by atomic mass is 10.2. The predicted molar refractivity (Wildman–Crippen MR) is 94.8 cm³/mol. The largest absolute Gasteiger partial charge is 0.334 e. The Labute approximate surface area is 147 Å². The molecular formula is C18H21ClN4O. The molecule has 5 nitrogen and oxygen atoms in total. The summed E-state index contributed by atoms with van der Waals surface area (Å²) in [6.07, 6.45) is 1.81. The van der Waals surface area contributed by atoms with Crippen LogP contribution in [-0.4, -0.2) is 47.0 Å². The number of urea groups is 1. The van der Waals surface area contributed by atoms with Gasteiger partial charge in [-0.1, -0.05) is 29.8 Å². The second-order valence-corrected chi connectivity index (χ2v) is 6.31. The zero-order chi connectivity index (χ0) is 16.8. The minimum absolute atomic E-state index is 0.0209. The molecule has 0 radical (unpaired) electrons. The Balaban J connectivity index is 1.43. The molecule has 0 unspecified atom stereocenters. The predicted octanol–water partition coefficient (Wildman–Crippen LogP) is 2.76. The summed E-state index contributed by atoms with van der Waals surface area (Å²) < 4.78 is 0. The summed E-state index contributed by atoms with van der Waals surface area (Å²) >= 11 is 5.96. The van der Waals surface area contributed by atoms with Gasteiger partial charge in [0.1, 0.15) is 0 Å². The smallest absolute Gasteiger partial charge is 0.317 e. The Morgan fingerprint density at radius 1 is 1.12 bits per heavy atom. The zero-order valence-corrected chi connectivity index (χ0v) is 14.2. The van der Waals surface area contributed by atoms with E-state index in [0.29, 0.717) is 11.6 Å². The van der Waals surface area contributed by atoms with Crippen molar-refractivity contribution in [2.75, 3.05) is 26.2 Å². The van der Waals surface area contributed by atoms with E-state index in [4.69, 9.17) is 11.6 Å². The monoisotopic (exact) mass is 344 g/mol. The molecule has 2 aromatic rings. The lowest BCUT2D eigenvalue weighted by Gasteiger charge is -2.34. The first-order chi connectivity index (χ1) is 11.7. The summed E-state index contributed by atoms with van der Waals surface area (Å²) in [5, 5.41) is 3.64.